The Kier molecular flexibility index (Phi) is 2.61. The maximum atomic E-state index is 12.1. The Morgan fingerprint density at radius 1 is 1.27 bits per heavy atom. The molecule has 1 aliphatic carbocycles. The van der Waals surface area contributed by atoms with Crippen LogP contribution in [0.2, 0.25) is 5.15 Å². The van der Waals surface area contributed by atoms with Crippen LogP contribution in [0.5, 0.6) is 0 Å². The van der Waals surface area contributed by atoms with E-state index in [0.29, 0.717) is 16.4 Å². The lowest BCUT2D eigenvalue weighted by Gasteiger charge is -2.15. The molecular weight excluding hydrogens is 298 g/mol. The zero-order chi connectivity index (χ0) is 15.6. The molecule has 1 aliphatic rings. The molecular formula is C17H16ClN3O. The maximum absolute atomic E-state index is 12.1. The zero-order valence-electron chi connectivity index (χ0n) is 12.5. The van der Waals surface area contributed by atoms with Crippen molar-refractivity contribution in [1.29, 1.82) is 0 Å². The molecule has 0 unspecified atom stereocenters. The molecule has 0 radical (unpaired) electrons. The SMILES string of the molecule is CC1(C)Cc2c(c(Cl)n3c(nc4ccccc43)c2C(N)=O)C1. The predicted octanol–water partition coefficient (Wildman–Crippen LogP) is 3.36. The first-order valence-electron chi connectivity index (χ1n) is 7.29. The first-order chi connectivity index (χ1) is 10.4. The van der Waals surface area contributed by atoms with E-state index in [-0.39, 0.29) is 5.41 Å². The van der Waals surface area contributed by atoms with E-state index in [4.69, 9.17) is 17.3 Å². The summed E-state index contributed by atoms with van der Waals surface area (Å²) < 4.78 is 1.86. The molecule has 0 aliphatic heterocycles. The van der Waals surface area contributed by atoms with Crippen molar-refractivity contribution in [2.75, 3.05) is 0 Å². The molecule has 4 rings (SSSR count). The summed E-state index contributed by atoms with van der Waals surface area (Å²) in [4.78, 5) is 16.7. The predicted molar refractivity (Wildman–Crippen MR) is 87.4 cm³/mol. The summed E-state index contributed by atoms with van der Waals surface area (Å²) in [6.45, 7) is 4.35. The molecule has 0 saturated carbocycles. The monoisotopic (exact) mass is 313 g/mol. The second-order valence-electron chi connectivity index (χ2n) is 6.76. The van der Waals surface area contributed by atoms with Gasteiger partial charge in [-0.15, -0.1) is 0 Å². The van der Waals surface area contributed by atoms with E-state index in [1.807, 2.05) is 28.7 Å². The number of benzene rings is 1. The van der Waals surface area contributed by atoms with Gasteiger partial charge in [0.05, 0.1) is 16.6 Å². The molecule has 0 spiro atoms. The van der Waals surface area contributed by atoms with Crippen LogP contribution in [-0.4, -0.2) is 15.3 Å². The van der Waals surface area contributed by atoms with Gasteiger partial charge in [0.1, 0.15) is 5.15 Å². The van der Waals surface area contributed by atoms with Gasteiger partial charge in [-0.25, -0.2) is 4.98 Å². The fourth-order valence-corrected chi connectivity index (χ4v) is 3.94. The minimum atomic E-state index is -0.439. The van der Waals surface area contributed by atoms with E-state index in [0.717, 1.165) is 35.0 Å². The van der Waals surface area contributed by atoms with Crippen LogP contribution in [0, 0.1) is 5.41 Å². The highest BCUT2D eigenvalue weighted by atomic mass is 35.5. The van der Waals surface area contributed by atoms with Crippen molar-refractivity contribution in [2.24, 2.45) is 11.1 Å². The van der Waals surface area contributed by atoms with Crippen LogP contribution in [0.4, 0.5) is 0 Å². The Hall–Kier alpha value is -2.07. The molecule has 0 saturated heterocycles. The number of nitrogens with two attached hydrogens (primary N) is 1. The summed E-state index contributed by atoms with van der Waals surface area (Å²) in [5, 5.41) is 0.647. The summed E-state index contributed by atoms with van der Waals surface area (Å²) in [6, 6.07) is 7.73. The number of amides is 1. The standard InChI is InChI=1S/C17H16ClN3O/c1-17(2)7-9-10(8-17)14(18)21-12-6-4-3-5-11(12)20-16(21)13(9)15(19)22/h3-6H,7-8H2,1-2H3,(H2,19,22). The quantitative estimate of drug-likeness (QED) is 0.700. The average Bonchev–Trinajstić information content (AvgIpc) is 2.95. The van der Waals surface area contributed by atoms with Crippen LogP contribution >= 0.6 is 11.6 Å². The van der Waals surface area contributed by atoms with Crippen molar-refractivity contribution in [2.45, 2.75) is 26.7 Å². The fraction of sp³-hybridized carbons (Fsp3) is 0.294. The molecule has 1 aromatic carbocycles. The average molecular weight is 314 g/mol. The van der Waals surface area contributed by atoms with E-state index in [9.17, 15) is 4.79 Å². The van der Waals surface area contributed by atoms with E-state index in [1.165, 1.54) is 0 Å². The Bertz CT molecular complexity index is 956. The second kappa shape index (κ2) is 4.23. The number of para-hydroxylation sites is 2. The van der Waals surface area contributed by atoms with Crippen molar-refractivity contribution in [3.8, 4) is 0 Å². The summed E-state index contributed by atoms with van der Waals surface area (Å²) in [5.41, 5.74) is 10.5. The van der Waals surface area contributed by atoms with Gasteiger partial charge in [0.15, 0.2) is 5.65 Å². The third kappa shape index (κ3) is 1.70. The molecule has 0 atom stereocenters. The van der Waals surface area contributed by atoms with Gasteiger partial charge >= 0.3 is 0 Å². The maximum Gasteiger partial charge on any atom is 0.252 e. The third-order valence-corrected chi connectivity index (χ3v) is 4.85. The molecule has 5 heteroatoms. The number of primary amides is 1. The Morgan fingerprint density at radius 3 is 2.68 bits per heavy atom. The van der Waals surface area contributed by atoms with Gasteiger partial charge < -0.3 is 5.73 Å². The topological polar surface area (TPSA) is 60.4 Å². The fourth-order valence-electron chi connectivity index (χ4n) is 3.59. The summed E-state index contributed by atoms with van der Waals surface area (Å²) in [5.74, 6) is -0.439. The number of imidazole rings is 1. The number of hydrogen-bond acceptors (Lipinski definition) is 2. The van der Waals surface area contributed by atoms with Crippen molar-refractivity contribution in [1.82, 2.24) is 9.38 Å². The zero-order valence-corrected chi connectivity index (χ0v) is 13.2. The van der Waals surface area contributed by atoms with Gasteiger partial charge in [-0.1, -0.05) is 37.6 Å². The van der Waals surface area contributed by atoms with Gasteiger partial charge in [0.25, 0.3) is 5.91 Å². The molecule has 0 fully saturated rings. The number of carbonyl (C=O) groups excluding carboxylic acids is 1. The van der Waals surface area contributed by atoms with Gasteiger partial charge in [0.2, 0.25) is 0 Å². The van der Waals surface area contributed by atoms with E-state index < -0.39 is 5.91 Å². The lowest BCUT2D eigenvalue weighted by Crippen LogP contribution is -2.17. The summed E-state index contributed by atoms with van der Waals surface area (Å²) in [6.07, 6.45) is 1.63. The second-order valence-corrected chi connectivity index (χ2v) is 7.12. The number of aromatic nitrogens is 2. The van der Waals surface area contributed by atoms with Gasteiger partial charge in [-0.3, -0.25) is 9.20 Å². The van der Waals surface area contributed by atoms with Crippen LogP contribution in [0.15, 0.2) is 24.3 Å². The molecule has 112 valence electrons. The van der Waals surface area contributed by atoms with Crippen molar-refractivity contribution in [3.63, 3.8) is 0 Å². The van der Waals surface area contributed by atoms with Gasteiger partial charge in [0, 0.05) is 0 Å². The van der Waals surface area contributed by atoms with Crippen LogP contribution < -0.4 is 5.73 Å². The first kappa shape index (κ1) is 13.6. The Labute approximate surface area is 132 Å². The lowest BCUT2D eigenvalue weighted by molar-refractivity contribution is 0.100. The summed E-state index contributed by atoms with van der Waals surface area (Å²) >= 11 is 6.68. The molecule has 0 bridgehead atoms. The Morgan fingerprint density at radius 2 is 1.95 bits per heavy atom. The third-order valence-electron chi connectivity index (χ3n) is 4.45. The van der Waals surface area contributed by atoms with Crippen LogP contribution in [0.25, 0.3) is 16.7 Å². The highest BCUT2D eigenvalue weighted by molar-refractivity contribution is 6.31. The largest absolute Gasteiger partial charge is 0.365 e. The number of hydrogen-bond donors (Lipinski definition) is 1. The molecule has 2 heterocycles. The van der Waals surface area contributed by atoms with Crippen molar-refractivity contribution in [3.05, 3.63) is 46.1 Å². The molecule has 22 heavy (non-hydrogen) atoms. The van der Waals surface area contributed by atoms with Gasteiger partial charge in [-0.2, -0.15) is 0 Å². The first-order valence-corrected chi connectivity index (χ1v) is 7.67. The molecule has 4 nitrogen and oxygen atoms in total. The highest BCUT2D eigenvalue weighted by Crippen LogP contribution is 2.43. The number of nitrogens with zero attached hydrogens (tertiary/aromatic N) is 2. The van der Waals surface area contributed by atoms with E-state index in [1.54, 1.807) is 0 Å². The normalized spacial score (nSPS) is 16.3. The van der Waals surface area contributed by atoms with E-state index >= 15 is 0 Å². The number of carbonyl (C=O) groups is 1. The number of rotatable bonds is 1. The highest BCUT2D eigenvalue weighted by Gasteiger charge is 2.35. The molecule has 3 aromatic rings. The minimum Gasteiger partial charge on any atom is -0.365 e. The minimum absolute atomic E-state index is 0.0747. The Balaban J connectivity index is 2.23. The van der Waals surface area contributed by atoms with Gasteiger partial charge in [-0.05, 0) is 41.5 Å². The smallest absolute Gasteiger partial charge is 0.252 e. The van der Waals surface area contributed by atoms with Crippen molar-refractivity contribution < 1.29 is 4.79 Å². The molecule has 2 N–H and O–H groups in total. The molecule has 1 amide bonds. The van der Waals surface area contributed by atoms with Crippen molar-refractivity contribution >= 4 is 34.2 Å². The molecule has 2 aromatic heterocycles. The lowest BCUT2D eigenvalue weighted by atomic mass is 9.90. The van der Waals surface area contributed by atoms with Crippen LogP contribution in [0.3, 0.4) is 0 Å². The summed E-state index contributed by atoms with van der Waals surface area (Å²) in [7, 11) is 0. The van der Waals surface area contributed by atoms with Crippen LogP contribution in [0.1, 0.15) is 35.3 Å². The van der Waals surface area contributed by atoms with Crippen LogP contribution in [-0.2, 0) is 12.8 Å². The number of pyridine rings is 1. The number of halogens is 1. The van der Waals surface area contributed by atoms with E-state index in [2.05, 4.69) is 18.8 Å². The number of fused-ring (bicyclic) bond motifs is 4.